The van der Waals surface area contributed by atoms with Crippen LogP contribution in [0, 0.1) is 5.82 Å². The van der Waals surface area contributed by atoms with E-state index in [0.717, 1.165) is 6.20 Å². The summed E-state index contributed by atoms with van der Waals surface area (Å²) in [7, 11) is 1.46. The van der Waals surface area contributed by atoms with Crippen molar-refractivity contribution in [2.75, 3.05) is 13.7 Å². The number of carboxylic acid groups (broad SMARTS) is 1. The number of aromatic amines is 1. The number of carbonyl (C=O) groups is 1. The van der Waals surface area contributed by atoms with Crippen LogP contribution < -0.4 is 10.2 Å². The molecule has 1 heterocycles. The number of hydrogen-bond donors (Lipinski definition) is 3. The van der Waals surface area contributed by atoms with Crippen molar-refractivity contribution in [3.8, 4) is 5.75 Å². The van der Waals surface area contributed by atoms with E-state index in [2.05, 4.69) is 18.8 Å². The lowest BCUT2D eigenvalue weighted by Crippen LogP contribution is -2.15. The number of halogens is 2. The first kappa shape index (κ1) is 26.1. The van der Waals surface area contributed by atoms with Gasteiger partial charge in [-0.2, -0.15) is 0 Å². The maximum atomic E-state index is 14.2. The summed E-state index contributed by atoms with van der Waals surface area (Å²) in [6.07, 6.45) is 2.53. The van der Waals surface area contributed by atoms with E-state index < -0.39 is 17.2 Å². The molecule has 3 aromatic rings. The van der Waals surface area contributed by atoms with Crippen LogP contribution in [0.5, 0.6) is 5.75 Å². The molecule has 0 aliphatic carbocycles. The third-order valence-electron chi connectivity index (χ3n) is 3.92. The van der Waals surface area contributed by atoms with Gasteiger partial charge in [0, 0.05) is 30.7 Å². The number of ether oxygens (including phenoxy) is 1. The normalized spacial score (nSPS) is 9.90. The largest absolute Gasteiger partial charge is 0.496 e. The Labute approximate surface area is 185 Å². The summed E-state index contributed by atoms with van der Waals surface area (Å²) in [5.74, 6) is -1.41. The molecule has 0 unspecified atom stereocenters. The molecule has 0 spiro atoms. The van der Waals surface area contributed by atoms with Gasteiger partial charge in [0.25, 0.3) is 0 Å². The molecule has 0 atom stereocenters. The topological polar surface area (TPSA) is 99.6 Å². The Hall–Kier alpha value is -2.90. The van der Waals surface area contributed by atoms with Gasteiger partial charge < -0.3 is 19.9 Å². The van der Waals surface area contributed by atoms with Gasteiger partial charge in [-0.3, -0.25) is 4.79 Å². The van der Waals surface area contributed by atoms with E-state index in [-0.39, 0.29) is 29.0 Å². The lowest BCUT2D eigenvalue weighted by Gasteiger charge is -2.12. The summed E-state index contributed by atoms with van der Waals surface area (Å²) < 4.78 is 19.5. The molecule has 31 heavy (non-hydrogen) atoms. The smallest absolute Gasteiger partial charge is 0.341 e. The molecule has 0 aliphatic rings. The van der Waals surface area contributed by atoms with Gasteiger partial charge >= 0.3 is 5.97 Å². The maximum Gasteiger partial charge on any atom is 0.341 e. The number of aromatic carboxylic acids is 1. The number of hydrogen-bond acceptors (Lipinski definition) is 4. The van der Waals surface area contributed by atoms with Crippen molar-refractivity contribution in [3.05, 3.63) is 74.3 Å². The minimum atomic E-state index is -1.32. The van der Waals surface area contributed by atoms with Crippen LogP contribution in [-0.2, 0) is 6.42 Å². The molecule has 3 rings (SSSR count). The quantitative estimate of drug-likeness (QED) is 0.516. The second-order valence-electron chi connectivity index (χ2n) is 6.46. The molecule has 0 amide bonds. The fourth-order valence-corrected chi connectivity index (χ4v) is 2.86. The Balaban J connectivity index is 0.000000720. The molecule has 1 aromatic heterocycles. The Kier molecular flexibility index (Phi) is 10.7. The van der Waals surface area contributed by atoms with E-state index in [4.69, 9.17) is 26.6 Å². The maximum absolute atomic E-state index is 14.2. The van der Waals surface area contributed by atoms with Crippen LogP contribution >= 0.6 is 11.6 Å². The number of pyridine rings is 1. The summed E-state index contributed by atoms with van der Waals surface area (Å²) in [5, 5.41) is 16.9. The number of H-pyrrole nitrogens is 1. The van der Waals surface area contributed by atoms with Crippen molar-refractivity contribution in [1.82, 2.24) is 4.98 Å². The Morgan fingerprint density at radius 3 is 2.35 bits per heavy atom. The molecule has 6 nitrogen and oxygen atoms in total. The second kappa shape index (κ2) is 12.7. The number of methoxy groups -OCH3 is 1. The van der Waals surface area contributed by atoms with Gasteiger partial charge in [-0.25, -0.2) is 9.18 Å². The fourth-order valence-electron chi connectivity index (χ4n) is 2.67. The van der Waals surface area contributed by atoms with Crippen LogP contribution in [-0.4, -0.2) is 34.9 Å². The van der Waals surface area contributed by atoms with Crippen molar-refractivity contribution in [2.24, 2.45) is 0 Å². The van der Waals surface area contributed by atoms with Crippen molar-refractivity contribution in [3.63, 3.8) is 0 Å². The zero-order valence-corrected chi connectivity index (χ0v) is 18.7. The van der Waals surface area contributed by atoms with Crippen LogP contribution in [0.4, 0.5) is 4.39 Å². The molecule has 2 aromatic carbocycles. The minimum absolute atomic E-state index is 0.00302. The van der Waals surface area contributed by atoms with E-state index in [1.807, 2.05) is 0 Å². The van der Waals surface area contributed by atoms with Gasteiger partial charge in [0.1, 0.15) is 17.1 Å². The highest BCUT2D eigenvalue weighted by Crippen LogP contribution is 2.28. The highest BCUT2D eigenvalue weighted by Gasteiger charge is 2.16. The van der Waals surface area contributed by atoms with Gasteiger partial charge in [0.05, 0.1) is 17.6 Å². The minimum Gasteiger partial charge on any atom is -0.496 e. The molecule has 0 bridgehead atoms. The summed E-state index contributed by atoms with van der Waals surface area (Å²) >= 11 is 5.80. The van der Waals surface area contributed by atoms with Gasteiger partial charge in [-0.05, 0) is 30.2 Å². The van der Waals surface area contributed by atoms with Crippen LogP contribution in [0.25, 0.3) is 10.9 Å². The Morgan fingerprint density at radius 2 is 1.81 bits per heavy atom. The summed E-state index contributed by atoms with van der Waals surface area (Å²) in [5.41, 5.74) is 0.344. The number of aliphatic hydroxyl groups is 1. The van der Waals surface area contributed by atoms with Crippen molar-refractivity contribution in [2.45, 2.75) is 33.6 Å². The van der Waals surface area contributed by atoms with Crippen molar-refractivity contribution >= 4 is 28.5 Å². The lowest BCUT2D eigenvalue weighted by molar-refractivity contribution is 0.0695. The number of rotatable bonds is 4. The molecule has 168 valence electrons. The zero-order chi connectivity index (χ0) is 23.6. The number of aliphatic hydroxyl groups excluding tert-OH is 1. The van der Waals surface area contributed by atoms with E-state index in [0.29, 0.717) is 22.4 Å². The first-order chi connectivity index (χ1) is 14.7. The third kappa shape index (κ3) is 6.80. The number of benzene rings is 2. The Bertz CT molecular complexity index is 1080. The number of nitrogens with one attached hydrogen (secondary N) is 1. The summed E-state index contributed by atoms with van der Waals surface area (Å²) in [4.78, 5) is 26.3. The standard InChI is InChI=1S/C18H13ClFNO4.C3H8.C2H6O/c1-25-15-7-14-11(17(22)12(8-21-14)18(23)24)6-10(15)5-9-3-2-4-13(19)16(9)20;1-3-2;1-2-3/h2-4,6-8H,5H2,1H3,(H,21,22)(H,23,24);3H2,1-2H3;3H,2H2,1H3. The molecule has 0 aliphatic heterocycles. The van der Waals surface area contributed by atoms with Crippen molar-refractivity contribution in [1.29, 1.82) is 0 Å². The van der Waals surface area contributed by atoms with E-state index >= 15 is 0 Å². The van der Waals surface area contributed by atoms with Gasteiger partial charge in [0.15, 0.2) is 0 Å². The number of fused-ring (bicyclic) bond motifs is 1. The van der Waals surface area contributed by atoms with Gasteiger partial charge in [-0.1, -0.05) is 44.0 Å². The molecule has 0 saturated heterocycles. The first-order valence-corrected chi connectivity index (χ1v) is 10.1. The fraction of sp³-hybridized carbons (Fsp3) is 0.304. The van der Waals surface area contributed by atoms with Crippen molar-refractivity contribution < 1.29 is 24.1 Å². The molecule has 0 radical (unpaired) electrons. The van der Waals surface area contributed by atoms with E-state index in [9.17, 15) is 14.0 Å². The average molecular weight is 452 g/mol. The third-order valence-corrected chi connectivity index (χ3v) is 4.22. The highest BCUT2D eigenvalue weighted by atomic mass is 35.5. The van der Waals surface area contributed by atoms with Gasteiger partial charge in [-0.15, -0.1) is 0 Å². The van der Waals surface area contributed by atoms with Crippen LogP contribution in [0.1, 0.15) is 48.7 Å². The molecular weight excluding hydrogens is 425 g/mol. The van der Waals surface area contributed by atoms with Gasteiger partial charge in [0.2, 0.25) is 5.43 Å². The van der Waals surface area contributed by atoms with E-state index in [1.54, 1.807) is 25.1 Å². The first-order valence-electron chi connectivity index (χ1n) is 9.74. The molecular formula is C23H27ClFNO5. The summed E-state index contributed by atoms with van der Waals surface area (Å²) in [6.45, 7) is 6.18. The predicted octanol–water partition coefficient (Wildman–Crippen LogP) is 5.03. The van der Waals surface area contributed by atoms with E-state index in [1.165, 1.54) is 25.7 Å². The molecule has 0 fully saturated rings. The monoisotopic (exact) mass is 451 g/mol. The average Bonchev–Trinajstić information content (AvgIpc) is 2.72. The number of carboxylic acids is 1. The zero-order valence-electron chi connectivity index (χ0n) is 18.0. The molecule has 8 heteroatoms. The number of aromatic nitrogens is 1. The predicted molar refractivity (Wildman–Crippen MR) is 121 cm³/mol. The van der Waals surface area contributed by atoms with Crippen LogP contribution in [0.15, 0.2) is 41.3 Å². The van der Waals surface area contributed by atoms with Crippen LogP contribution in [0.3, 0.4) is 0 Å². The highest BCUT2D eigenvalue weighted by molar-refractivity contribution is 6.30. The molecule has 3 N–H and O–H groups in total. The summed E-state index contributed by atoms with van der Waals surface area (Å²) in [6, 6.07) is 7.76. The lowest BCUT2D eigenvalue weighted by atomic mass is 10.0. The SMILES string of the molecule is CCC.CCO.COc1cc2[nH]cc(C(=O)O)c(=O)c2cc1Cc1cccc(Cl)c1F. The van der Waals surface area contributed by atoms with Crippen LogP contribution in [0.2, 0.25) is 5.02 Å². The molecule has 0 saturated carbocycles. The second-order valence-corrected chi connectivity index (χ2v) is 6.87. The Morgan fingerprint density at radius 1 is 1.19 bits per heavy atom.